The molecule has 0 saturated heterocycles. The third kappa shape index (κ3) is 4.55. The van der Waals surface area contributed by atoms with Crippen molar-refractivity contribution < 1.29 is 27.5 Å². The van der Waals surface area contributed by atoms with Crippen LogP contribution < -0.4 is 15.0 Å². The van der Waals surface area contributed by atoms with E-state index in [0.29, 0.717) is 11.4 Å². The summed E-state index contributed by atoms with van der Waals surface area (Å²) in [5, 5.41) is 3.91. The lowest BCUT2D eigenvalue weighted by Gasteiger charge is -2.44. The van der Waals surface area contributed by atoms with Gasteiger partial charge in [0.1, 0.15) is 17.0 Å². The highest BCUT2D eigenvalue weighted by atomic mass is 19.4. The maximum Gasteiger partial charge on any atom is 0.416 e. The predicted molar refractivity (Wildman–Crippen MR) is 135 cm³/mol. The fourth-order valence-electron chi connectivity index (χ4n) is 5.59. The maximum absolute atomic E-state index is 14.0. The molecule has 1 aromatic heterocycles. The van der Waals surface area contributed by atoms with Gasteiger partial charge in [-0.05, 0) is 56.2 Å². The van der Waals surface area contributed by atoms with Gasteiger partial charge in [0, 0.05) is 23.2 Å². The monoisotopic (exact) mass is 513 g/mol. The minimum Gasteiger partial charge on any atom is -0.497 e. The van der Waals surface area contributed by atoms with Gasteiger partial charge in [0.25, 0.3) is 5.91 Å². The summed E-state index contributed by atoms with van der Waals surface area (Å²) >= 11 is 0. The SMILES string of the molecule is COc1ccc2cc3n(c2c1)C[C@](C)(C(=O)NC1CCCCCC1)N(c1cccc(C(F)(F)F)c1)C3=O. The fourth-order valence-corrected chi connectivity index (χ4v) is 5.59. The van der Waals surface area contributed by atoms with Gasteiger partial charge in [-0.2, -0.15) is 13.2 Å². The first-order chi connectivity index (χ1) is 17.6. The number of rotatable bonds is 4. The Bertz CT molecular complexity index is 1340. The number of alkyl halides is 3. The molecule has 2 amide bonds. The maximum atomic E-state index is 14.0. The molecule has 1 aliphatic heterocycles. The van der Waals surface area contributed by atoms with Crippen LogP contribution in [0.4, 0.5) is 18.9 Å². The smallest absolute Gasteiger partial charge is 0.416 e. The van der Waals surface area contributed by atoms with Crippen LogP contribution in [-0.4, -0.2) is 35.1 Å². The number of ether oxygens (including phenoxy) is 1. The summed E-state index contributed by atoms with van der Waals surface area (Å²) in [5.41, 5.74) is -1.27. The second-order valence-electron chi connectivity index (χ2n) is 10.2. The zero-order valence-electron chi connectivity index (χ0n) is 20.9. The lowest BCUT2D eigenvalue weighted by molar-refractivity contribution is -0.137. The third-order valence-electron chi connectivity index (χ3n) is 7.60. The molecule has 37 heavy (non-hydrogen) atoms. The quantitative estimate of drug-likeness (QED) is 0.440. The lowest BCUT2D eigenvalue weighted by Crippen LogP contribution is -2.65. The van der Waals surface area contributed by atoms with Crippen molar-refractivity contribution in [3.63, 3.8) is 0 Å². The third-order valence-corrected chi connectivity index (χ3v) is 7.60. The number of hydrogen-bond donors (Lipinski definition) is 1. The predicted octanol–water partition coefficient (Wildman–Crippen LogP) is 5.93. The Kier molecular flexibility index (Phi) is 6.41. The molecule has 2 heterocycles. The molecule has 2 aromatic carbocycles. The first kappa shape index (κ1) is 25.2. The van der Waals surface area contributed by atoms with Gasteiger partial charge in [-0.3, -0.25) is 14.5 Å². The molecule has 0 bridgehead atoms. The van der Waals surface area contributed by atoms with Crippen molar-refractivity contribution in [2.75, 3.05) is 12.0 Å². The number of halogens is 3. The minimum atomic E-state index is -4.58. The largest absolute Gasteiger partial charge is 0.497 e. The summed E-state index contributed by atoms with van der Waals surface area (Å²) < 4.78 is 47.9. The van der Waals surface area contributed by atoms with Crippen LogP contribution in [0.5, 0.6) is 5.75 Å². The lowest BCUT2D eigenvalue weighted by atomic mass is 9.92. The Morgan fingerprint density at radius 2 is 1.78 bits per heavy atom. The second-order valence-corrected chi connectivity index (χ2v) is 10.2. The van der Waals surface area contributed by atoms with Crippen molar-refractivity contribution in [2.24, 2.45) is 0 Å². The molecule has 6 nitrogen and oxygen atoms in total. The normalized spacial score (nSPS) is 21.0. The highest BCUT2D eigenvalue weighted by Gasteiger charge is 2.49. The Labute approximate surface area is 213 Å². The molecule has 3 aromatic rings. The Morgan fingerprint density at radius 3 is 2.46 bits per heavy atom. The molecule has 1 atom stereocenters. The van der Waals surface area contributed by atoms with E-state index in [1.165, 1.54) is 17.0 Å². The zero-order chi connectivity index (χ0) is 26.4. The molecule has 5 rings (SSSR count). The highest BCUT2D eigenvalue weighted by molar-refractivity contribution is 6.14. The number of carbonyl (C=O) groups is 2. The summed E-state index contributed by atoms with van der Waals surface area (Å²) in [6, 6.07) is 11.7. The fraction of sp³-hybridized carbons (Fsp3) is 0.429. The number of nitrogens with one attached hydrogen (secondary N) is 1. The van der Waals surface area contributed by atoms with Gasteiger partial charge in [-0.1, -0.05) is 31.7 Å². The number of aromatic nitrogens is 1. The molecule has 1 fully saturated rings. The van der Waals surface area contributed by atoms with Gasteiger partial charge in [-0.15, -0.1) is 0 Å². The van der Waals surface area contributed by atoms with Crippen LogP contribution in [0.3, 0.4) is 0 Å². The molecule has 9 heteroatoms. The Balaban J connectivity index is 1.63. The summed E-state index contributed by atoms with van der Waals surface area (Å²) in [6.07, 6.45) is 1.33. The summed E-state index contributed by atoms with van der Waals surface area (Å²) in [4.78, 5) is 29.2. The average Bonchev–Trinajstić information content (AvgIpc) is 3.03. The number of benzene rings is 2. The number of carbonyl (C=O) groups excluding carboxylic acids is 2. The van der Waals surface area contributed by atoms with Gasteiger partial charge in [0.15, 0.2) is 0 Å². The summed E-state index contributed by atoms with van der Waals surface area (Å²) in [7, 11) is 1.55. The van der Waals surface area contributed by atoms with E-state index in [2.05, 4.69) is 5.32 Å². The summed E-state index contributed by atoms with van der Waals surface area (Å²) in [6.45, 7) is 1.71. The molecular weight excluding hydrogens is 483 g/mol. The molecule has 2 aliphatic rings. The van der Waals surface area contributed by atoms with Gasteiger partial charge in [0.2, 0.25) is 5.91 Å². The van der Waals surface area contributed by atoms with Crippen molar-refractivity contribution in [1.29, 1.82) is 0 Å². The molecule has 1 N–H and O–H groups in total. The van der Waals surface area contributed by atoms with Crippen LogP contribution in [0.2, 0.25) is 0 Å². The first-order valence-electron chi connectivity index (χ1n) is 12.6. The summed E-state index contributed by atoms with van der Waals surface area (Å²) in [5.74, 6) is -0.300. The van der Waals surface area contributed by atoms with Crippen LogP contribution in [0.1, 0.15) is 61.5 Å². The minimum absolute atomic E-state index is 0.0341. The second kappa shape index (κ2) is 9.43. The number of nitrogens with zero attached hydrogens (tertiary/aromatic N) is 2. The van der Waals surface area contributed by atoms with Crippen molar-refractivity contribution in [3.8, 4) is 5.75 Å². The van der Waals surface area contributed by atoms with Crippen LogP contribution in [-0.2, 0) is 17.5 Å². The van der Waals surface area contributed by atoms with Gasteiger partial charge >= 0.3 is 6.18 Å². The van der Waals surface area contributed by atoms with E-state index in [-0.39, 0.29) is 24.2 Å². The standard InChI is InChI=1S/C28H30F3N3O3/c1-27(26(36)32-20-9-5-3-4-6-10-20)17-33-23-16-22(37-2)13-12-18(23)14-24(33)25(35)34(27)21-11-7-8-19(15-21)28(29,30)31/h7-8,11-16,20H,3-6,9-10,17H2,1-2H3,(H,32,36)/t27-/m1/s1. The van der Waals surface area contributed by atoms with E-state index >= 15 is 0 Å². The topological polar surface area (TPSA) is 63.6 Å². The van der Waals surface area contributed by atoms with E-state index in [0.717, 1.165) is 61.6 Å². The van der Waals surface area contributed by atoms with Crippen LogP contribution in [0, 0.1) is 0 Å². The van der Waals surface area contributed by atoms with E-state index in [9.17, 15) is 22.8 Å². The van der Waals surface area contributed by atoms with Gasteiger partial charge < -0.3 is 14.6 Å². The highest BCUT2D eigenvalue weighted by Crippen LogP contribution is 2.39. The zero-order valence-corrected chi connectivity index (χ0v) is 20.9. The molecular formula is C28H30F3N3O3. The molecule has 0 unspecified atom stereocenters. The van der Waals surface area contributed by atoms with Crippen molar-refractivity contribution in [2.45, 2.75) is 69.8 Å². The molecule has 1 saturated carbocycles. The van der Waals surface area contributed by atoms with E-state index < -0.39 is 23.2 Å². The molecule has 0 radical (unpaired) electrons. The van der Waals surface area contributed by atoms with E-state index in [1.54, 1.807) is 36.8 Å². The molecule has 0 spiro atoms. The van der Waals surface area contributed by atoms with Crippen LogP contribution in [0.15, 0.2) is 48.5 Å². The Hall–Kier alpha value is -3.49. The Morgan fingerprint density at radius 1 is 1.05 bits per heavy atom. The number of fused-ring (bicyclic) bond motifs is 3. The van der Waals surface area contributed by atoms with Crippen molar-refractivity contribution >= 4 is 28.4 Å². The number of hydrogen-bond acceptors (Lipinski definition) is 3. The van der Waals surface area contributed by atoms with E-state index in [1.807, 2.05) is 6.07 Å². The van der Waals surface area contributed by atoms with E-state index in [4.69, 9.17) is 4.74 Å². The van der Waals surface area contributed by atoms with Crippen molar-refractivity contribution in [3.05, 3.63) is 59.8 Å². The number of amides is 2. The molecule has 196 valence electrons. The van der Waals surface area contributed by atoms with Crippen LogP contribution >= 0.6 is 0 Å². The molecule has 1 aliphatic carbocycles. The van der Waals surface area contributed by atoms with Crippen LogP contribution in [0.25, 0.3) is 10.9 Å². The number of methoxy groups -OCH3 is 1. The number of anilines is 1. The van der Waals surface area contributed by atoms with Gasteiger partial charge in [0.05, 0.1) is 24.7 Å². The first-order valence-corrected chi connectivity index (χ1v) is 12.6. The van der Waals surface area contributed by atoms with Crippen molar-refractivity contribution in [1.82, 2.24) is 9.88 Å². The van der Waals surface area contributed by atoms with Gasteiger partial charge in [-0.25, -0.2) is 0 Å². The average molecular weight is 514 g/mol.